The van der Waals surface area contributed by atoms with Crippen LogP contribution in [0, 0.1) is 0 Å². The summed E-state index contributed by atoms with van der Waals surface area (Å²) in [5.74, 6) is 0. The van der Waals surface area contributed by atoms with Gasteiger partial charge < -0.3 is 10.6 Å². The van der Waals surface area contributed by atoms with Crippen molar-refractivity contribution in [3.63, 3.8) is 0 Å². The first-order chi connectivity index (χ1) is 4.09. The molecule has 0 aromatic heterocycles. The molecule has 0 aromatic carbocycles. The molecule has 0 saturated heterocycles. The van der Waals surface area contributed by atoms with Gasteiger partial charge in [0.15, 0.2) is 0 Å². The maximum atomic E-state index is 5.44. The van der Waals surface area contributed by atoms with Crippen LogP contribution in [-0.4, -0.2) is 30.0 Å². The lowest BCUT2D eigenvalue weighted by Crippen LogP contribution is -2.38. The summed E-state index contributed by atoms with van der Waals surface area (Å²) in [4.78, 5) is 2.62. The van der Waals surface area contributed by atoms with Crippen molar-refractivity contribution in [3.8, 4) is 0 Å². The molecule has 0 heterocycles. The first kappa shape index (κ1) is 8.85. The first-order valence-electron chi connectivity index (χ1n) is 3.05. The lowest BCUT2D eigenvalue weighted by molar-refractivity contribution is 0.355. The van der Waals surface area contributed by atoms with Crippen LogP contribution in [0.5, 0.6) is 0 Å². The topological polar surface area (TPSA) is 29.3 Å². The predicted molar refractivity (Wildman–Crippen MR) is 44.6 cm³/mol. The van der Waals surface area contributed by atoms with E-state index in [1.165, 1.54) is 0 Å². The van der Waals surface area contributed by atoms with Gasteiger partial charge in [-0.05, 0) is 20.5 Å². The Hall–Kier alpha value is -0.150. The quantitative estimate of drug-likeness (QED) is 0.592. The Morgan fingerprint density at radius 3 is 2.11 bits per heavy atom. The van der Waals surface area contributed by atoms with E-state index in [0.29, 0.717) is 4.99 Å². The van der Waals surface area contributed by atoms with Gasteiger partial charge in [-0.25, -0.2) is 0 Å². The summed E-state index contributed by atoms with van der Waals surface area (Å²) in [5.41, 5.74) is 5.44. The standard InChI is InChI=1S/C6H14N2S/c1-4-5(6(7)9)8(2)3/h5H,4H2,1-3H3,(H2,7,9). The third kappa shape index (κ3) is 2.77. The van der Waals surface area contributed by atoms with Crippen molar-refractivity contribution < 1.29 is 0 Å². The lowest BCUT2D eigenvalue weighted by atomic mass is 10.2. The molecule has 0 radical (unpaired) electrons. The molecule has 0 aliphatic carbocycles. The Labute approximate surface area is 62.0 Å². The molecular weight excluding hydrogens is 132 g/mol. The molecule has 2 nitrogen and oxygen atoms in total. The van der Waals surface area contributed by atoms with Crippen LogP contribution in [-0.2, 0) is 0 Å². The van der Waals surface area contributed by atoms with Gasteiger partial charge in [-0.15, -0.1) is 0 Å². The zero-order valence-electron chi connectivity index (χ0n) is 6.22. The van der Waals surface area contributed by atoms with Crippen LogP contribution in [0.15, 0.2) is 0 Å². The van der Waals surface area contributed by atoms with Crippen molar-refractivity contribution in [2.24, 2.45) is 5.73 Å². The molecule has 0 amide bonds. The minimum absolute atomic E-state index is 0.264. The Kier molecular flexibility index (Phi) is 3.73. The number of hydrogen-bond acceptors (Lipinski definition) is 2. The van der Waals surface area contributed by atoms with Crippen LogP contribution in [0.2, 0.25) is 0 Å². The molecule has 0 rings (SSSR count). The molecule has 0 aromatic rings. The Morgan fingerprint density at radius 1 is 1.67 bits per heavy atom. The average Bonchev–Trinajstić information content (AvgIpc) is 1.64. The number of nitrogens with zero attached hydrogens (tertiary/aromatic N) is 1. The number of thiocarbonyl (C=S) groups is 1. The minimum Gasteiger partial charge on any atom is -0.392 e. The first-order valence-corrected chi connectivity index (χ1v) is 3.46. The maximum Gasteiger partial charge on any atom is 0.0901 e. The zero-order chi connectivity index (χ0) is 7.44. The van der Waals surface area contributed by atoms with Gasteiger partial charge in [0.1, 0.15) is 0 Å². The molecule has 2 N–H and O–H groups in total. The molecule has 0 aliphatic rings. The van der Waals surface area contributed by atoms with Crippen LogP contribution in [0.3, 0.4) is 0 Å². The van der Waals surface area contributed by atoms with E-state index in [2.05, 4.69) is 6.92 Å². The largest absolute Gasteiger partial charge is 0.392 e. The summed E-state index contributed by atoms with van der Waals surface area (Å²) in [7, 11) is 3.96. The molecule has 0 saturated carbocycles. The molecule has 1 unspecified atom stereocenters. The van der Waals surface area contributed by atoms with Crippen molar-refractivity contribution in [1.82, 2.24) is 4.90 Å². The summed E-state index contributed by atoms with van der Waals surface area (Å²) in [6.45, 7) is 2.07. The predicted octanol–water partition coefficient (Wildman–Crippen LogP) is 0.613. The highest BCUT2D eigenvalue weighted by Gasteiger charge is 2.09. The van der Waals surface area contributed by atoms with Crippen LogP contribution < -0.4 is 5.73 Å². The third-order valence-electron chi connectivity index (χ3n) is 1.34. The van der Waals surface area contributed by atoms with E-state index in [-0.39, 0.29) is 6.04 Å². The van der Waals surface area contributed by atoms with Gasteiger partial charge in [-0.2, -0.15) is 0 Å². The monoisotopic (exact) mass is 146 g/mol. The van der Waals surface area contributed by atoms with E-state index < -0.39 is 0 Å². The highest BCUT2D eigenvalue weighted by atomic mass is 32.1. The number of hydrogen-bond donors (Lipinski definition) is 1. The van der Waals surface area contributed by atoms with Gasteiger partial charge in [0.2, 0.25) is 0 Å². The van der Waals surface area contributed by atoms with E-state index >= 15 is 0 Å². The Morgan fingerprint density at radius 2 is 2.11 bits per heavy atom. The van der Waals surface area contributed by atoms with Crippen molar-refractivity contribution >= 4 is 17.2 Å². The Bertz CT molecular complexity index is 101. The van der Waals surface area contributed by atoms with Crippen molar-refractivity contribution in [2.45, 2.75) is 19.4 Å². The summed E-state index contributed by atoms with van der Waals surface area (Å²) < 4.78 is 0. The number of rotatable bonds is 3. The van der Waals surface area contributed by atoms with Crippen molar-refractivity contribution in [2.75, 3.05) is 14.1 Å². The van der Waals surface area contributed by atoms with E-state index in [1.807, 2.05) is 19.0 Å². The van der Waals surface area contributed by atoms with Gasteiger partial charge in [-0.1, -0.05) is 19.1 Å². The molecule has 9 heavy (non-hydrogen) atoms. The molecule has 54 valence electrons. The summed E-state index contributed by atoms with van der Waals surface area (Å²) in [6, 6.07) is 0.264. The van der Waals surface area contributed by atoms with Crippen LogP contribution in [0.25, 0.3) is 0 Å². The molecule has 0 bridgehead atoms. The minimum atomic E-state index is 0.264. The molecule has 0 spiro atoms. The molecule has 1 atom stereocenters. The second-order valence-electron chi connectivity index (χ2n) is 2.29. The van der Waals surface area contributed by atoms with Crippen LogP contribution >= 0.6 is 12.2 Å². The molecular formula is C6H14N2S. The Balaban J connectivity index is 3.83. The van der Waals surface area contributed by atoms with E-state index in [1.54, 1.807) is 0 Å². The maximum absolute atomic E-state index is 5.44. The van der Waals surface area contributed by atoms with Crippen molar-refractivity contribution in [3.05, 3.63) is 0 Å². The smallest absolute Gasteiger partial charge is 0.0901 e. The molecule has 0 fully saturated rings. The van der Waals surface area contributed by atoms with Gasteiger partial charge in [0.05, 0.1) is 11.0 Å². The van der Waals surface area contributed by atoms with Crippen LogP contribution in [0.1, 0.15) is 13.3 Å². The average molecular weight is 146 g/mol. The summed E-state index contributed by atoms with van der Waals surface area (Å²) in [5, 5.41) is 0. The van der Waals surface area contributed by atoms with Gasteiger partial charge in [0.25, 0.3) is 0 Å². The second-order valence-corrected chi connectivity index (χ2v) is 2.76. The van der Waals surface area contributed by atoms with Gasteiger partial charge in [0, 0.05) is 0 Å². The van der Waals surface area contributed by atoms with E-state index in [9.17, 15) is 0 Å². The van der Waals surface area contributed by atoms with Gasteiger partial charge >= 0.3 is 0 Å². The molecule has 3 heteroatoms. The fraction of sp³-hybridized carbons (Fsp3) is 0.833. The molecule has 0 aliphatic heterocycles. The van der Waals surface area contributed by atoms with E-state index in [4.69, 9.17) is 18.0 Å². The number of nitrogens with two attached hydrogens (primary N) is 1. The fourth-order valence-electron chi connectivity index (χ4n) is 0.821. The summed E-state index contributed by atoms with van der Waals surface area (Å²) >= 11 is 4.83. The van der Waals surface area contributed by atoms with E-state index in [0.717, 1.165) is 6.42 Å². The fourth-order valence-corrected chi connectivity index (χ4v) is 1.20. The van der Waals surface area contributed by atoms with Crippen LogP contribution in [0.4, 0.5) is 0 Å². The summed E-state index contributed by atoms with van der Waals surface area (Å²) in [6.07, 6.45) is 0.988. The van der Waals surface area contributed by atoms with Gasteiger partial charge in [-0.3, -0.25) is 0 Å². The zero-order valence-corrected chi connectivity index (χ0v) is 7.03. The second kappa shape index (κ2) is 3.80. The number of likely N-dealkylation sites (N-methyl/N-ethyl adjacent to an activating group) is 1. The highest BCUT2D eigenvalue weighted by Crippen LogP contribution is 1.97. The highest BCUT2D eigenvalue weighted by molar-refractivity contribution is 7.80. The third-order valence-corrected chi connectivity index (χ3v) is 1.61. The lowest BCUT2D eigenvalue weighted by Gasteiger charge is -2.20. The van der Waals surface area contributed by atoms with Crippen molar-refractivity contribution in [1.29, 1.82) is 0 Å². The SMILES string of the molecule is CCC(C(N)=S)N(C)C. The normalized spacial score (nSPS) is 13.8.